The number of aryl methyl sites for hydroxylation is 1. The Labute approximate surface area is 209 Å². The van der Waals surface area contributed by atoms with Crippen LogP contribution in [-0.4, -0.2) is 62.6 Å². The van der Waals surface area contributed by atoms with Crippen molar-refractivity contribution in [2.24, 2.45) is 0 Å². The zero-order chi connectivity index (χ0) is 25.9. The molecule has 0 aliphatic heterocycles. The summed E-state index contributed by atoms with van der Waals surface area (Å²) in [5.41, 5.74) is 2.39. The zero-order valence-electron chi connectivity index (χ0n) is 20.7. The summed E-state index contributed by atoms with van der Waals surface area (Å²) in [4.78, 5) is 17.0. The summed E-state index contributed by atoms with van der Waals surface area (Å²) in [6, 6.07) is 9.28. The molecule has 0 bridgehead atoms. The third-order valence-corrected chi connectivity index (χ3v) is 8.20. The van der Waals surface area contributed by atoms with E-state index in [1.807, 2.05) is 44.2 Å². The van der Waals surface area contributed by atoms with E-state index in [2.05, 4.69) is 30.1 Å². The highest BCUT2D eigenvalue weighted by atomic mass is 32.2. The van der Waals surface area contributed by atoms with Crippen LogP contribution in [0.5, 0.6) is 11.8 Å². The fourth-order valence-corrected chi connectivity index (χ4v) is 5.33. The minimum Gasteiger partial charge on any atom is -0.479 e. The van der Waals surface area contributed by atoms with E-state index < -0.39 is 26.8 Å². The second-order valence-corrected chi connectivity index (χ2v) is 10.6. The van der Waals surface area contributed by atoms with Crippen molar-refractivity contribution in [1.29, 1.82) is 0 Å². The molecule has 0 unspecified atom stereocenters. The third kappa shape index (κ3) is 4.89. The van der Waals surface area contributed by atoms with E-state index in [0.29, 0.717) is 17.2 Å². The predicted octanol–water partition coefficient (Wildman–Crippen LogP) is 2.95. The molecule has 0 spiro atoms. The third-order valence-electron chi connectivity index (χ3n) is 6.00. The smallest absolute Gasteiger partial charge is 0.245 e. The lowest BCUT2D eigenvalue weighted by molar-refractivity contribution is 0.368. The molecule has 4 rings (SSSR count). The van der Waals surface area contributed by atoms with Crippen LogP contribution >= 0.6 is 0 Å². The van der Waals surface area contributed by atoms with E-state index >= 15 is 0 Å². The van der Waals surface area contributed by atoms with Gasteiger partial charge in [-0.3, -0.25) is 14.5 Å². The van der Waals surface area contributed by atoms with E-state index in [0.717, 1.165) is 11.3 Å². The first-order valence-electron chi connectivity index (χ1n) is 11.2. The number of hydrogen-bond donors (Lipinski definition) is 0. The predicted molar refractivity (Wildman–Crippen MR) is 133 cm³/mol. The molecule has 2 atom stereocenters. The number of rotatable bonds is 9. The van der Waals surface area contributed by atoms with Gasteiger partial charge < -0.3 is 9.47 Å². The number of methoxy groups -OCH3 is 2. The van der Waals surface area contributed by atoms with Gasteiger partial charge in [0, 0.05) is 23.9 Å². The quantitative estimate of drug-likeness (QED) is 0.331. The monoisotopic (exact) mass is 509 g/mol. The topological polar surface area (TPSA) is 135 Å². The van der Waals surface area contributed by atoms with Crippen LogP contribution < -0.4 is 9.47 Å². The van der Waals surface area contributed by atoms with Crippen molar-refractivity contribution in [3.05, 3.63) is 66.3 Å². The average molecular weight is 510 g/mol. The Kier molecular flexibility index (Phi) is 7.25. The molecule has 0 fully saturated rings. The Morgan fingerprint density at radius 3 is 2.17 bits per heavy atom. The van der Waals surface area contributed by atoms with Gasteiger partial charge in [-0.25, -0.2) is 8.42 Å². The number of aromatic nitrogens is 7. The molecule has 188 valence electrons. The molecule has 36 heavy (non-hydrogen) atoms. The van der Waals surface area contributed by atoms with Gasteiger partial charge in [-0.2, -0.15) is 9.97 Å². The highest BCUT2D eigenvalue weighted by molar-refractivity contribution is 7.91. The van der Waals surface area contributed by atoms with Gasteiger partial charge >= 0.3 is 0 Å². The number of hydrogen-bond acceptors (Lipinski definition) is 10. The van der Waals surface area contributed by atoms with Gasteiger partial charge in [0.15, 0.2) is 27.2 Å². The summed E-state index contributed by atoms with van der Waals surface area (Å²) in [5, 5.41) is 7.83. The molecule has 12 heteroatoms. The lowest BCUT2D eigenvalue weighted by Crippen LogP contribution is -2.27. The summed E-state index contributed by atoms with van der Waals surface area (Å²) in [5.74, 6) is 0.171. The number of benzene rings is 1. The summed E-state index contributed by atoms with van der Waals surface area (Å²) in [7, 11) is -0.805. The largest absolute Gasteiger partial charge is 0.479 e. The molecule has 0 aliphatic carbocycles. The van der Waals surface area contributed by atoms with Gasteiger partial charge in [0.05, 0.1) is 30.9 Å². The second kappa shape index (κ2) is 10.4. The minimum atomic E-state index is -3.72. The average Bonchev–Trinajstić information content (AvgIpc) is 3.30. The molecule has 3 aromatic heterocycles. The zero-order valence-corrected chi connectivity index (χ0v) is 21.5. The molecule has 0 aliphatic rings. The van der Waals surface area contributed by atoms with Crippen molar-refractivity contribution in [2.75, 3.05) is 14.2 Å². The normalized spacial score (nSPS) is 13.2. The highest BCUT2D eigenvalue weighted by Gasteiger charge is 2.33. The van der Waals surface area contributed by atoms with Crippen LogP contribution in [0.3, 0.4) is 0 Å². The Hall–Kier alpha value is -3.93. The lowest BCUT2D eigenvalue weighted by Gasteiger charge is -2.20. The van der Waals surface area contributed by atoms with E-state index in [9.17, 15) is 8.42 Å². The van der Waals surface area contributed by atoms with Gasteiger partial charge in [0.1, 0.15) is 12.1 Å². The molecule has 1 aromatic carbocycles. The standard InChI is InChI=1S/C24H27N7O4S/c1-15-11-26-19(12-25-15)16(2)17(3)36(32,33)13-20-29-30-22(18-9-7-6-8-10-18)31(20)21-23(34-4)27-14-28-24(21)35-5/h6-12,14,16-17H,13H2,1-5H3/t16-,17-/m0/s1. The van der Waals surface area contributed by atoms with E-state index in [1.165, 1.54) is 20.5 Å². The van der Waals surface area contributed by atoms with Gasteiger partial charge in [-0.15, -0.1) is 10.2 Å². The summed E-state index contributed by atoms with van der Waals surface area (Å²) in [6.07, 6.45) is 4.54. The van der Waals surface area contributed by atoms with E-state index in [4.69, 9.17) is 9.47 Å². The molecule has 3 heterocycles. The lowest BCUT2D eigenvalue weighted by atomic mass is 10.1. The molecule has 0 N–H and O–H groups in total. The first kappa shape index (κ1) is 25.2. The fourth-order valence-electron chi connectivity index (χ4n) is 3.76. The first-order valence-corrected chi connectivity index (χ1v) is 12.9. The Morgan fingerprint density at radius 2 is 1.58 bits per heavy atom. The van der Waals surface area contributed by atoms with Crippen LogP contribution in [0.25, 0.3) is 17.1 Å². The summed E-state index contributed by atoms with van der Waals surface area (Å²) in [6.45, 7) is 5.31. The summed E-state index contributed by atoms with van der Waals surface area (Å²) < 4.78 is 39.7. The maximum Gasteiger partial charge on any atom is 0.245 e. The van der Waals surface area contributed by atoms with Crippen LogP contribution in [0.1, 0.15) is 37.0 Å². The molecule has 4 aromatic rings. The number of sulfone groups is 1. The Bertz CT molecular complexity index is 1420. The maximum absolute atomic E-state index is 13.6. The van der Waals surface area contributed by atoms with Crippen molar-refractivity contribution >= 4 is 9.84 Å². The second-order valence-electron chi connectivity index (χ2n) is 8.27. The number of nitrogens with zero attached hydrogens (tertiary/aromatic N) is 7. The maximum atomic E-state index is 13.6. The molecule has 11 nitrogen and oxygen atoms in total. The van der Waals surface area contributed by atoms with Crippen LogP contribution in [-0.2, 0) is 15.6 Å². The van der Waals surface area contributed by atoms with Gasteiger partial charge in [0.2, 0.25) is 11.8 Å². The van der Waals surface area contributed by atoms with Crippen LogP contribution in [0.15, 0.2) is 49.1 Å². The van der Waals surface area contributed by atoms with Crippen molar-refractivity contribution < 1.29 is 17.9 Å². The van der Waals surface area contributed by atoms with Crippen molar-refractivity contribution in [3.8, 4) is 28.8 Å². The Morgan fingerprint density at radius 1 is 0.917 bits per heavy atom. The van der Waals surface area contributed by atoms with Gasteiger partial charge in [-0.1, -0.05) is 37.3 Å². The molecule has 0 radical (unpaired) electrons. The van der Waals surface area contributed by atoms with Gasteiger partial charge in [-0.05, 0) is 13.8 Å². The van der Waals surface area contributed by atoms with Crippen molar-refractivity contribution in [1.82, 2.24) is 34.7 Å². The first-order chi connectivity index (χ1) is 17.3. The van der Waals surface area contributed by atoms with Crippen LogP contribution in [0, 0.1) is 6.92 Å². The minimum absolute atomic E-state index is 0.175. The van der Waals surface area contributed by atoms with Gasteiger partial charge in [0.25, 0.3) is 0 Å². The highest BCUT2D eigenvalue weighted by Crippen LogP contribution is 2.34. The van der Waals surface area contributed by atoms with Crippen LogP contribution in [0.2, 0.25) is 0 Å². The SMILES string of the molecule is COc1ncnc(OC)c1-n1c(CS(=O)(=O)[C@@H](C)[C@H](C)c2cnc(C)cn2)nnc1-c1ccccc1. The molecule has 0 amide bonds. The molecular weight excluding hydrogens is 482 g/mol. The Balaban J connectivity index is 1.81. The molecular formula is C24H27N7O4S. The van der Waals surface area contributed by atoms with Crippen molar-refractivity contribution in [3.63, 3.8) is 0 Å². The number of ether oxygens (including phenoxy) is 2. The summed E-state index contributed by atoms with van der Waals surface area (Å²) >= 11 is 0. The van der Waals surface area contributed by atoms with Crippen LogP contribution in [0.4, 0.5) is 0 Å². The van der Waals surface area contributed by atoms with E-state index in [-0.39, 0.29) is 17.6 Å². The molecule has 0 saturated heterocycles. The van der Waals surface area contributed by atoms with E-state index in [1.54, 1.807) is 23.9 Å². The fraction of sp³-hybridized carbons (Fsp3) is 0.333. The molecule has 0 saturated carbocycles. The van der Waals surface area contributed by atoms with Crippen molar-refractivity contribution in [2.45, 2.75) is 37.7 Å².